The zero-order valence-corrected chi connectivity index (χ0v) is 14.0. The van der Waals surface area contributed by atoms with Crippen LogP contribution < -0.4 is 10.6 Å². The Kier molecular flexibility index (Phi) is 5.62. The van der Waals surface area contributed by atoms with E-state index in [1.807, 2.05) is 0 Å². The van der Waals surface area contributed by atoms with E-state index in [0.717, 1.165) is 12.1 Å². The van der Waals surface area contributed by atoms with Crippen LogP contribution in [0.15, 0.2) is 36.4 Å². The summed E-state index contributed by atoms with van der Waals surface area (Å²) < 4.78 is 76.8. The van der Waals surface area contributed by atoms with E-state index in [1.54, 1.807) is 0 Å². The minimum atomic E-state index is -4.69. The summed E-state index contributed by atoms with van der Waals surface area (Å²) in [6, 6.07) is 5.73. The molecule has 0 amide bonds. The van der Waals surface area contributed by atoms with Crippen LogP contribution in [-0.2, 0) is 12.4 Å². The van der Waals surface area contributed by atoms with Gasteiger partial charge in [-0.05, 0) is 36.4 Å². The fourth-order valence-electron chi connectivity index (χ4n) is 1.96. The van der Waals surface area contributed by atoms with Crippen molar-refractivity contribution in [2.75, 3.05) is 10.6 Å². The van der Waals surface area contributed by atoms with E-state index in [9.17, 15) is 26.3 Å². The summed E-state index contributed by atoms with van der Waals surface area (Å²) in [5.74, 6) is -0.545. The number of rotatable bonds is 2. The summed E-state index contributed by atoms with van der Waals surface area (Å²) in [7, 11) is 0. The van der Waals surface area contributed by atoms with Crippen LogP contribution in [0.25, 0.3) is 0 Å². The zero-order chi connectivity index (χ0) is 19.7. The van der Waals surface area contributed by atoms with Gasteiger partial charge in [0.2, 0.25) is 0 Å². The number of hydrogen-bond acceptors (Lipinski definition) is 1. The van der Waals surface area contributed by atoms with Gasteiger partial charge in [-0.1, -0.05) is 23.2 Å². The average Bonchev–Trinajstić information content (AvgIpc) is 2.49. The van der Waals surface area contributed by atoms with Crippen molar-refractivity contribution in [1.82, 2.24) is 0 Å². The lowest BCUT2D eigenvalue weighted by atomic mass is 10.2. The van der Waals surface area contributed by atoms with Crippen molar-refractivity contribution in [2.24, 2.45) is 0 Å². The SMILES string of the molecule is N=C(Nc1ccc(Cl)c(C(F)(F)F)c1)Nc1ccc(Cl)c(C(F)(F)F)c1. The first-order valence-corrected chi connectivity index (χ1v) is 7.49. The van der Waals surface area contributed by atoms with Gasteiger partial charge in [-0.25, -0.2) is 0 Å². The largest absolute Gasteiger partial charge is 0.417 e. The third kappa shape index (κ3) is 4.95. The summed E-state index contributed by atoms with van der Waals surface area (Å²) in [6.07, 6.45) is -9.38. The maximum absolute atomic E-state index is 12.8. The Labute approximate surface area is 153 Å². The van der Waals surface area contributed by atoms with Crippen LogP contribution in [0.2, 0.25) is 10.0 Å². The van der Waals surface area contributed by atoms with Gasteiger partial charge in [0.15, 0.2) is 5.96 Å². The van der Waals surface area contributed by atoms with Gasteiger partial charge in [-0.3, -0.25) is 5.41 Å². The zero-order valence-electron chi connectivity index (χ0n) is 12.5. The molecular formula is C15H9Cl2F6N3. The number of halogens is 8. The maximum Gasteiger partial charge on any atom is 0.417 e. The first-order chi connectivity index (χ1) is 11.9. The number of alkyl halides is 6. The van der Waals surface area contributed by atoms with Crippen LogP contribution in [-0.4, -0.2) is 5.96 Å². The molecule has 0 heterocycles. The lowest BCUT2D eigenvalue weighted by Crippen LogP contribution is -2.21. The van der Waals surface area contributed by atoms with Gasteiger partial charge >= 0.3 is 12.4 Å². The van der Waals surface area contributed by atoms with Crippen LogP contribution in [0, 0.1) is 5.41 Å². The van der Waals surface area contributed by atoms with Gasteiger partial charge in [0, 0.05) is 11.4 Å². The summed E-state index contributed by atoms with van der Waals surface area (Å²) in [5, 5.41) is 11.2. The van der Waals surface area contributed by atoms with E-state index < -0.39 is 39.5 Å². The van der Waals surface area contributed by atoms with Crippen molar-refractivity contribution in [3.8, 4) is 0 Å². The third-order valence-electron chi connectivity index (χ3n) is 3.08. The van der Waals surface area contributed by atoms with Gasteiger partial charge in [-0.2, -0.15) is 26.3 Å². The Balaban J connectivity index is 2.18. The quantitative estimate of drug-likeness (QED) is 0.298. The molecule has 0 spiro atoms. The second-order valence-corrected chi connectivity index (χ2v) is 5.82. The predicted molar refractivity (Wildman–Crippen MR) is 87.9 cm³/mol. The highest BCUT2D eigenvalue weighted by Gasteiger charge is 2.34. The molecule has 3 nitrogen and oxygen atoms in total. The minimum absolute atomic E-state index is 0.121. The predicted octanol–water partition coefficient (Wildman–Crippen LogP) is 6.49. The molecule has 2 aromatic rings. The van der Waals surface area contributed by atoms with Crippen LogP contribution in [0.4, 0.5) is 37.7 Å². The summed E-state index contributed by atoms with van der Waals surface area (Å²) >= 11 is 11.0. The lowest BCUT2D eigenvalue weighted by molar-refractivity contribution is -0.138. The van der Waals surface area contributed by atoms with Gasteiger partial charge in [0.25, 0.3) is 0 Å². The number of anilines is 2. The summed E-state index contributed by atoms with van der Waals surface area (Å²) in [6.45, 7) is 0. The molecule has 0 saturated carbocycles. The highest BCUT2D eigenvalue weighted by atomic mass is 35.5. The van der Waals surface area contributed by atoms with Crippen molar-refractivity contribution in [3.05, 3.63) is 57.6 Å². The van der Waals surface area contributed by atoms with Crippen molar-refractivity contribution in [1.29, 1.82) is 5.41 Å². The second-order valence-electron chi connectivity index (χ2n) is 5.01. The molecule has 11 heteroatoms. The molecule has 0 atom stereocenters. The molecule has 2 rings (SSSR count). The monoisotopic (exact) mass is 415 g/mol. The normalized spacial score (nSPS) is 12.0. The van der Waals surface area contributed by atoms with Crippen LogP contribution in [0.3, 0.4) is 0 Å². The van der Waals surface area contributed by atoms with Gasteiger partial charge in [0.05, 0.1) is 21.2 Å². The fourth-order valence-corrected chi connectivity index (χ4v) is 2.41. The first-order valence-electron chi connectivity index (χ1n) is 6.74. The Bertz CT molecular complexity index is 766. The Morgan fingerprint density at radius 2 is 1.08 bits per heavy atom. The Hall–Kier alpha value is -2.13. The molecule has 0 unspecified atom stereocenters. The molecule has 0 fully saturated rings. The molecule has 0 bridgehead atoms. The Morgan fingerprint density at radius 1 is 0.731 bits per heavy atom. The molecule has 3 N–H and O–H groups in total. The van der Waals surface area contributed by atoms with Crippen molar-refractivity contribution in [3.63, 3.8) is 0 Å². The second kappa shape index (κ2) is 7.24. The number of benzene rings is 2. The molecule has 0 aliphatic rings. The van der Waals surface area contributed by atoms with Gasteiger partial charge in [0.1, 0.15) is 0 Å². The van der Waals surface area contributed by atoms with Crippen molar-refractivity contribution < 1.29 is 26.3 Å². The summed E-state index contributed by atoms with van der Waals surface area (Å²) in [4.78, 5) is 0. The smallest absolute Gasteiger partial charge is 0.326 e. The lowest BCUT2D eigenvalue weighted by Gasteiger charge is -2.15. The molecule has 26 heavy (non-hydrogen) atoms. The highest BCUT2D eigenvalue weighted by molar-refractivity contribution is 6.32. The fraction of sp³-hybridized carbons (Fsp3) is 0.133. The van der Waals surface area contributed by atoms with Gasteiger partial charge < -0.3 is 10.6 Å². The van der Waals surface area contributed by atoms with E-state index >= 15 is 0 Å². The van der Waals surface area contributed by atoms with E-state index in [2.05, 4.69) is 10.6 Å². The Morgan fingerprint density at radius 3 is 1.38 bits per heavy atom. The van der Waals surface area contributed by atoms with Crippen molar-refractivity contribution >= 4 is 40.5 Å². The molecule has 0 saturated heterocycles. The molecule has 0 radical (unpaired) electrons. The van der Waals surface area contributed by atoms with Crippen LogP contribution in [0.1, 0.15) is 11.1 Å². The molecule has 2 aromatic carbocycles. The van der Waals surface area contributed by atoms with E-state index in [0.29, 0.717) is 12.1 Å². The molecule has 0 aromatic heterocycles. The van der Waals surface area contributed by atoms with Gasteiger partial charge in [-0.15, -0.1) is 0 Å². The molecule has 140 valence electrons. The standard InChI is InChI=1S/C15H9Cl2F6N3/c16-11-3-1-7(5-9(11)14(18,19)20)25-13(24)26-8-2-4-12(17)10(6-8)15(21,22)23/h1-6H,(H3,24,25,26). The number of hydrogen-bond donors (Lipinski definition) is 3. The summed E-state index contributed by atoms with van der Waals surface area (Å²) in [5.41, 5.74) is -2.46. The highest BCUT2D eigenvalue weighted by Crippen LogP contribution is 2.37. The van der Waals surface area contributed by atoms with Crippen LogP contribution in [0.5, 0.6) is 0 Å². The number of guanidine groups is 1. The van der Waals surface area contributed by atoms with E-state index in [4.69, 9.17) is 28.6 Å². The van der Waals surface area contributed by atoms with Crippen molar-refractivity contribution in [2.45, 2.75) is 12.4 Å². The van der Waals surface area contributed by atoms with Crippen LogP contribution >= 0.6 is 23.2 Å². The maximum atomic E-state index is 12.8. The first kappa shape index (κ1) is 20.2. The minimum Gasteiger partial charge on any atom is -0.326 e. The molecule has 0 aliphatic carbocycles. The molecular weight excluding hydrogens is 407 g/mol. The van der Waals surface area contributed by atoms with E-state index in [1.165, 1.54) is 12.1 Å². The topological polar surface area (TPSA) is 47.9 Å². The van der Waals surface area contributed by atoms with E-state index in [-0.39, 0.29) is 11.4 Å². The third-order valence-corrected chi connectivity index (χ3v) is 3.74. The number of nitrogens with one attached hydrogen (secondary N) is 3. The molecule has 0 aliphatic heterocycles. The average molecular weight is 416 g/mol.